The second kappa shape index (κ2) is 7.37. The lowest BCUT2D eigenvalue weighted by Crippen LogP contribution is -2.32. The molecule has 1 unspecified atom stereocenters. The minimum atomic E-state index is -0.426. The highest BCUT2D eigenvalue weighted by molar-refractivity contribution is 6.04. The maximum atomic E-state index is 12.4. The Morgan fingerprint density at radius 2 is 1.96 bits per heavy atom. The van der Waals surface area contributed by atoms with E-state index in [0.717, 1.165) is 0 Å². The highest BCUT2D eigenvalue weighted by atomic mass is 16.3. The SMILES string of the molecule is CCC(O)CCNC(=O)c1nn(C(C)C)c(=O)c2ccccc12. The lowest BCUT2D eigenvalue weighted by molar-refractivity contribution is 0.0936. The molecule has 0 fully saturated rings. The van der Waals surface area contributed by atoms with Gasteiger partial charge >= 0.3 is 0 Å². The van der Waals surface area contributed by atoms with Crippen LogP contribution in [0.3, 0.4) is 0 Å². The molecule has 0 saturated heterocycles. The van der Waals surface area contributed by atoms with Gasteiger partial charge in [-0.3, -0.25) is 9.59 Å². The molecule has 0 saturated carbocycles. The normalized spacial score (nSPS) is 12.6. The smallest absolute Gasteiger partial charge is 0.274 e. The lowest BCUT2D eigenvalue weighted by Gasteiger charge is -2.14. The van der Waals surface area contributed by atoms with E-state index in [9.17, 15) is 14.7 Å². The van der Waals surface area contributed by atoms with Crippen molar-refractivity contribution in [1.29, 1.82) is 0 Å². The molecule has 0 aliphatic carbocycles. The van der Waals surface area contributed by atoms with Gasteiger partial charge < -0.3 is 10.4 Å². The lowest BCUT2D eigenvalue weighted by atomic mass is 10.1. The van der Waals surface area contributed by atoms with E-state index >= 15 is 0 Å². The molecule has 2 rings (SSSR count). The average molecular weight is 317 g/mol. The maximum absolute atomic E-state index is 12.4. The maximum Gasteiger partial charge on any atom is 0.274 e. The number of aromatic nitrogens is 2. The first-order valence-corrected chi connectivity index (χ1v) is 7.93. The third-order valence-corrected chi connectivity index (χ3v) is 3.77. The summed E-state index contributed by atoms with van der Waals surface area (Å²) in [7, 11) is 0. The van der Waals surface area contributed by atoms with E-state index in [2.05, 4.69) is 10.4 Å². The van der Waals surface area contributed by atoms with Gasteiger partial charge in [0, 0.05) is 11.9 Å². The summed E-state index contributed by atoms with van der Waals surface area (Å²) in [5.74, 6) is -0.334. The van der Waals surface area contributed by atoms with Crippen molar-refractivity contribution in [3.05, 3.63) is 40.3 Å². The van der Waals surface area contributed by atoms with Crippen molar-refractivity contribution in [2.45, 2.75) is 45.8 Å². The van der Waals surface area contributed by atoms with Crippen LogP contribution >= 0.6 is 0 Å². The van der Waals surface area contributed by atoms with Crippen LogP contribution in [0.1, 0.15) is 50.1 Å². The zero-order chi connectivity index (χ0) is 17.0. The minimum absolute atomic E-state index is 0.138. The van der Waals surface area contributed by atoms with E-state index in [1.807, 2.05) is 20.8 Å². The quantitative estimate of drug-likeness (QED) is 0.852. The molecule has 1 atom stereocenters. The summed E-state index contributed by atoms with van der Waals surface area (Å²) in [6, 6.07) is 6.84. The fraction of sp³-hybridized carbons (Fsp3) is 0.471. The summed E-state index contributed by atoms with van der Waals surface area (Å²) in [5.41, 5.74) is 0.0356. The van der Waals surface area contributed by atoms with Crippen LogP contribution in [-0.2, 0) is 0 Å². The molecule has 2 N–H and O–H groups in total. The second-order valence-electron chi connectivity index (χ2n) is 5.84. The number of fused-ring (bicyclic) bond motifs is 1. The van der Waals surface area contributed by atoms with Crippen LogP contribution in [-0.4, -0.2) is 33.4 Å². The molecule has 1 amide bonds. The molecular formula is C17H23N3O3. The largest absolute Gasteiger partial charge is 0.393 e. The third-order valence-electron chi connectivity index (χ3n) is 3.77. The standard InChI is InChI=1S/C17H23N3O3/c1-4-12(21)9-10-18-16(22)15-13-7-5-6-8-14(13)17(23)20(19-15)11(2)3/h5-8,11-12,21H,4,9-10H2,1-3H3,(H,18,22). The molecule has 6 nitrogen and oxygen atoms in total. The van der Waals surface area contributed by atoms with Crippen molar-refractivity contribution >= 4 is 16.7 Å². The molecule has 6 heteroatoms. The van der Waals surface area contributed by atoms with Crippen LogP contribution in [0.5, 0.6) is 0 Å². The predicted octanol–water partition coefficient (Wildman–Crippen LogP) is 1.87. The number of carbonyl (C=O) groups is 1. The Bertz CT molecular complexity index is 752. The Balaban J connectivity index is 2.37. The molecule has 0 bridgehead atoms. The molecule has 0 radical (unpaired) electrons. The number of aliphatic hydroxyl groups excluding tert-OH is 1. The topological polar surface area (TPSA) is 84.2 Å². The number of hydrogen-bond acceptors (Lipinski definition) is 4. The van der Waals surface area contributed by atoms with Crippen LogP contribution in [0.25, 0.3) is 10.8 Å². The molecule has 1 aromatic carbocycles. The Morgan fingerprint density at radius 3 is 2.57 bits per heavy atom. The Labute approximate surface area is 135 Å². The summed E-state index contributed by atoms with van der Waals surface area (Å²) in [6.45, 7) is 5.95. The summed E-state index contributed by atoms with van der Waals surface area (Å²) < 4.78 is 1.33. The summed E-state index contributed by atoms with van der Waals surface area (Å²) in [5, 5.41) is 17.6. The van der Waals surface area contributed by atoms with Crippen LogP contribution in [0.4, 0.5) is 0 Å². The fourth-order valence-corrected chi connectivity index (χ4v) is 2.36. The van der Waals surface area contributed by atoms with Gasteiger partial charge in [0.1, 0.15) is 0 Å². The summed E-state index contributed by atoms with van der Waals surface area (Å²) in [6.07, 6.45) is 0.712. The highest BCUT2D eigenvalue weighted by Crippen LogP contribution is 2.14. The van der Waals surface area contributed by atoms with E-state index in [1.165, 1.54) is 4.68 Å². The molecule has 0 aliphatic rings. The van der Waals surface area contributed by atoms with Crippen molar-refractivity contribution in [2.75, 3.05) is 6.54 Å². The van der Waals surface area contributed by atoms with Gasteiger partial charge in [0.25, 0.3) is 11.5 Å². The first-order chi connectivity index (χ1) is 11.0. The first-order valence-electron chi connectivity index (χ1n) is 7.93. The van der Waals surface area contributed by atoms with Gasteiger partial charge in [0.2, 0.25) is 0 Å². The monoisotopic (exact) mass is 317 g/mol. The third kappa shape index (κ3) is 3.76. The number of rotatable bonds is 6. The molecule has 2 aromatic rings. The van der Waals surface area contributed by atoms with Gasteiger partial charge in [-0.05, 0) is 32.8 Å². The van der Waals surface area contributed by atoms with Crippen molar-refractivity contribution < 1.29 is 9.90 Å². The van der Waals surface area contributed by atoms with Gasteiger partial charge in [0.05, 0.1) is 17.5 Å². The van der Waals surface area contributed by atoms with Crippen LogP contribution in [0, 0.1) is 0 Å². The van der Waals surface area contributed by atoms with Crippen molar-refractivity contribution in [3.63, 3.8) is 0 Å². The Kier molecular flexibility index (Phi) is 5.50. The Morgan fingerprint density at radius 1 is 1.30 bits per heavy atom. The molecule has 124 valence electrons. The van der Waals surface area contributed by atoms with Gasteiger partial charge in [-0.25, -0.2) is 4.68 Å². The molecule has 1 heterocycles. The number of benzene rings is 1. The average Bonchev–Trinajstić information content (AvgIpc) is 2.54. The summed E-state index contributed by atoms with van der Waals surface area (Å²) in [4.78, 5) is 24.9. The fourth-order valence-electron chi connectivity index (χ4n) is 2.36. The number of hydrogen-bond donors (Lipinski definition) is 2. The van der Waals surface area contributed by atoms with Gasteiger partial charge in [-0.2, -0.15) is 5.10 Å². The van der Waals surface area contributed by atoms with Crippen LogP contribution in [0.2, 0.25) is 0 Å². The van der Waals surface area contributed by atoms with E-state index < -0.39 is 6.10 Å². The number of aliphatic hydroxyl groups is 1. The van der Waals surface area contributed by atoms with Gasteiger partial charge in [-0.1, -0.05) is 25.1 Å². The van der Waals surface area contributed by atoms with E-state index in [0.29, 0.717) is 30.2 Å². The number of nitrogens with one attached hydrogen (secondary N) is 1. The van der Waals surface area contributed by atoms with Crippen LogP contribution in [0.15, 0.2) is 29.1 Å². The highest BCUT2D eigenvalue weighted by Gasteiger charge is 2.17. The van der Waals surface area contributed by atoms with Crippen molar-refractivity contribution in [2.24, 2.45) is 0 Å². The number of carbonyl (C=O) groups excluding carboxylic acids is 1. The molecular weight excluding hydrogens is 294 g/mol. The van der Waals surface area contributed by atoms with Crippen molar-refractivity contribution in [3.8, 4) is 0 Å². The molecule has 0 spiro atoms. The van der Waals surface area contributed by atoms with Gasteiger partial charge in [0.15, 0.2) is 5.69 Å². The van der Waals surface area contributed by atoms with E-state index in [1.54, 1.807) is 24.3 Å². The summed E-state index contributed by atoms with van der Waals surface area (Å²) >= 11 is 0. The Hall–Kier alpha value is -2.21. The molecule has 1 aromatic heterocycles. The molecule has 23 heavy (non-hydrogen) atoms. The van der Waals surface area contributed by atoms with Crippen molar-refractivity contribution in [1.82, 2.24) is 15.1 Å². The number of amides is 1. The zero-order valence-corrected chi connectivity index (χ0v) is 13.7. The van der Waals surface area contributed by atoms with E-state index in [-0.39, 0.29) is 23.2 Å². The predicted molar refractivity (Wildman–Crippen MR) is 89.6 cm³/mol. The first kappa shape index (κ1) is 17.1. The number of nitrogens with zero attached hydrogens (tertiary/aromatic N) is 2. The molecule has 0 aliphatic heterocycles. The van der Waals surface area contributed by atoms with E-state index in [4.69, 9.17) is 0 Å². The van der Waals surface area contributed by atoms with Gasteiger partial charge in [-0.15, -0.1) is 0 Å². The minimum Gasteiger partial charge on any atom is -0.393 e. The second-order valence-corrected chi connectivity index (χ2v) is 5.84. The van der Waals surface area contributed by atoms with Crippen LogP contribution < -0.4 is 10.9 Å². The zero-order valence-electron chi connectivity index (χ0n) is 13.7.